The Bertz CT molecular complexity index is 454. The highest BCUT2D eigenvalue weighted by Crippen LogP contribution is 2.13. The zero-order valence-corrected chi connectivity index (χ0v) is 11.8. The van der Waals surface area contributed by atoms with E-state index < -0.39 is 0 Å². The van der Waals surface area contributed by atoms with Crippen LogP contribution in [0.3, 0.4) is 0 Å². The normalized spacial score (nSPS) is 10.2. The van der Waals surface area contributed by atoms with Crippen LogP contribution in [-0.4, -0.2) is 16.5 Å². The van der Waals surface area contributed by atoms with Crippen LogP contribution in [0, 0.1) is 10.5 Å². The van der Waals surface area contributed by atoms with Gasteiger partial charge in [0.15, 0.2) is 0 Å². The van der Waals surface area contributed by atoms with Crippen LogP contribution in [0.4, 0.5) is 5.82 Å². The van der Waals surface area contributed by atoms with Crippen molar-refractivity contribution in [1.29, 1.82) is 0 Å². The van der Waals surface area contributed by atoms with Crippen LogP contribution in [0.2, 0.25) is 0 Å². The number of hydrogen-bond donors (Lipinski definition) is 1. The maximum absolute atomic E-state index is 4.20. The van der Waals surface area contributed by atoms with Crippen molar-refractivity contribution in [2.45, 2.75) is 13.3 Å². The zero-order chi connectivity index (χ0) is 12.1. The molecule has 0 radical (unpaired) electrons. The monoisotopic (exact) mass is 339 g/mol. The summed E-state index contributed by atoms with van der Waals surface area (Å²) in [4.78, 5) is 8.17. The lowest BCUT2D eigenvalue weighted by atomic mass is 10.1. The van der Waals surface area contributed by atoms with E-state index in [0.29, 0.717) is 0 Å². The zero-order valence-electron chi connectivity index (χ0n) is 9.65. The Morgan fingerprint density at radius 1 is 1.29 bits per heavy atom. The predicted molar refractivity (Wildman–Crippen MR) is 78.1 cm³/mol. The molecule has 3 nitrogen and oxygen atoms in total. The second-order valence-electron chi connectivity index (χ2n) is 3.82. The van der Waals surface area contributed by atoms with Crippen LogP contribution in [0.5, 0.6) is 0 Å². The number of aryl methyl sites for hydroxylation is 1. The highest BCUT2D eigenvalue weighted by Gasteiger charge is 2.00. The molecule has 0 fully saturated rings. The minimum Gasteiger partial charge on any atom is -0.369 e. The standard InChI is InChI=1S/C13H14IN3/c1-10-4-2-3-5-11(10)6-7-16-13-12(14)8-15-9-17-13/h2-5,8-9H,6-7H2,1H3,(H,15,16,17). The van der Waals surface area contributed by atoms with Crippen molar-refractivity contribution in [3.63, 3.8) is 0 Å². The number of nitrogens with zero attached hydrogens (tertiary/aromatic N) is 2. The minimum absolute atomic E-state index is 0.887. The van der Waals surface area contributed by atoms with Gasteiger partial charge in [0.05, 0.1) is 3.57 Å². The first-order chi connectivity index (χ1) is 8.27. The molecule has 0 spiro atoms. The van der Waals surface area contributed by atoms with E-state index in [2.05, 4.69) is 69.1 Å². The summed E-state index contributed by atoms with van der Waals surface area (Å²) in [6.45, 7) is 3.03. The van der Waals surface area contributed by atoms with E-state index in [-0.39, 0.29) is 0 Å². The fraction of sp³-hybridized carbons (Fsp3) is 0.231. The predicted octanol–water partition coefficient (Wildman–Crippen LogP) is 3.04. The minimum atomic E-state index is 0.887. The molecular formula is C13H14IN3. The maximum Gasteiger partial charge on any atom is 0.142 e. The van der Waals surface area contributed by atoms with Gasteiger partial charge in [0, 0.05) is 12.7 Å². The molecule has 0 bridgehead atoms. The Labute approximate surface area is 115 Å². The fourth-order valence-electron chi connectivity index (χ4n) is 1.65. The molecule has 0 atom stereocenters. The summed E-state index contributed by atoms with van der Waals surface area (Å²) < 4.78 is 1.05. The topological polar surface area (TPSA) is 37.8 Å². The molecule has 1 heterocycles. The van der Waals surface area contributed by atoms with E-state index in [4.69, 9.17) is 0 Å². The Balaban J connectivity index is 1.93. The summed E-state index contributed by atoms with van der Waals surface area (Å²) in [5.74, 6) is 0.911. The van der Waals surface area contributed by atoms with Gasteiger partial charge >= 0.3 is 0 Å². The van der Waals surface area contributed by atoms with Gasteiger partial charge in [-0.05, 0) is 47.1 Å². The lowest BCUT2D eigenvalue weighted by molar-refractivity contribution is 0.984. The third-order valence-electron chi connectivity index (χ3n) is 2.62. The molecule has 0 saturated carbocycles. The molecule has 0 aliphatic rings. The molecule has 4 heteroatoms. The molecule has 0 aliphatic heterocycles. The maximum atomic E-state index is 4.20. The van der Waals surface area contributed by atoms with E-state index >= 15 is 0 Å². The quantitative estimate of drug-likeness (QED) is 0.870. The fourth-order valence-corrected chi connectivity index (χ4v) is 2.14. The Morgan fingerprint density at radius 3 is 2.88 bits per heavy atom. The second-order valence-corrected chi connectivity index (χ2v) is 4.98. The van der Waals surface area contributed by atoms with Crippen molar-refractivity contribution in [3.05, 3.63) is 51.5 Å². The Hall–Kier alpha value is -1.17. The number of nitrogens with one attached hydrogen (secondary N) is 1. The van der Waals surface area contributed by atoms with Crippen molar-refractivity contribution in [2.75, 3.05) is 11.9 Å². The summed E-state index contributed by atoms with van der Waals surface area (Å²) in [7, 11) is 0. The molecule has 17 heavy (non-hydrogen) atoms. The highest BCUT2D eigenvalue weighted by molar-refractivity contribution is 14.1. The van der Waals surface area contributed by atoms with E-state index in [1.165, 1.54) is 11.1 Å². The van der Waals surface area contributed by atoms with Gasteiger partial charge in [-0.25, -0.2) is 9.97 Å². The van der Waals surface area contributed by atoms with Gasteiger partial charge in [-0.1, -0.05) is 24.3 Å². The summed E-state index contributed by atoms with van der Waals surface area (Å²) in [5.41, 5.74) is 2.72. The van der Waals surface area contributed by atoms with E-state index in [9.17, 15) is 0 Å². The summed E-state index contributed by atoms with van der Waals surface area (Å²) in [5, 5.41) is 3.33. The Kier molecular flexibility index (Phi) is 4.30. The van der Waals surface area contributed by atoms with E-state index in [0.717, 1.165) is 22.4 Å². The van der Waals surface area contributed by atoms with Crippen LogP contribution < -0.4 is 5.32 Å². The summed E-state index contributed by atoms with van der Waals surface area (Å²) in [6.07, 6.45) is 4.38. The van der Waals surface area contributed by atoms with Gasteiger partial charge in [0.1, 0.15) is 12.1 Å². The third-order valence-corrected chi connectivity index (χ3v) is 3.41. The average Bonchev–Trinajstić information content (AvgIpc) is 2.34. The van der Waals surface area contributed by atoms with Crippen molar-refractivity contribution >= 4 is 28.4 Å². The van der Waals surface area contributed by atoms with Gasteiger partial charge in [-0.3, -0.25) is 0 Å². The van der Waals surface area contributed by atoms with Crippen molar-refractivity contribution in [1.82, 2.24) is 9.97 Å². The molecule has 0 saturated heterocycles. The number of hydrogen-bond acceptors (Lipinski definition) is 3. The molecule has 1 aromatic heterocycles. The van der Waals surface area contributed by atoms with Crippen molar-refractivity contribution in [3.8, 4) is 0 Å². The number of halogens is 1. The molecular weight excluding hydrogens is 325 g/mol. The van der Waals surface area contributed by atoms with Gasteiger partial charge in [-0.15, -0.1) is 0 Å². The number of anilines is 1. The molecule has 1 aromatic carbocycles. The van der Waals surface area contributed by atoms with E-state index in [1.54, 1.807) is 6.33 Å². The second kappa shape index (κ2) is 5.95. The van der Waals surface area contributed by atoms with Gasteiger partial charge < -0.3 is 5.32 Å². The number of aromatic nitrogens is 2. The number of rotatable bonds is 4. The van der Waals surface area contributed by atoms with E-state index in [1.807, 2.05) is 6.20 Å². The SMILES string of the molecule is Cc1ccccc1CCNc1ncncc1I. The van der Waals surface area contributed by atoms with Gasteiger partial charge in [0.25, 0.3) is 0 Å². The molecule has 0 aliphatic carbocycles. The highest BCUT2D eigenvalue weighted by atomic mass is 127. The van der Waals surface area contributed by atoms with Crippen LogP contribution in [-0.2, 0) is 6.42 Å². The largest absolute Gasteiger partial charge is 0.369 e. The van der Waals surface area contributed by atoms with Crippen molar-refractivity contribution < 1.29 is 0 Å². The van der Waals surface area contributed by atoms with Crippen LogP contribution >= 0.6 is 22.6 Å². The molecule has 1 N–H and O–H groups in total. The number of benzene rings is 1. The average molecular weight is 339 g/mol. The molecule has 88 valence electrons. The Morgan fingerprint density at radius 2 is 2.12 bits per heavy atom. The lowest BCUT2D eigenvalue weighted by Gasteiger charge is -2.08. The summed E-state index contributed by atoms with van der Waals surface area (Å²) in [6, 6.07) is 8.46. The van der Waals surface area contributed by atoms with Crippen molar-refractivity contribution in [2.24, 2.45) is 0 Å². The first-order valence-corrected chi connectivity index (χ1v) is 6.59. The van der Waals surface area contributed by atoms with Crippen LogP contribution in [0.25, 0.3) is 0 Å². The van der Waals surface area contributed by atoms with Gasteiger partial charge in [-0.2, -0.15) is 0 Å². The first kappa shape index (κ1) is 12.3. The molecule has 0 amide bonds. The molecule has 0 unspecified atom stereocenters. The first-order valence-electron chi connectivity index (χ1n) is 5.51. The van der Waals surface area contributed by atoms with Gasteiger partial charge in [0.2, 0.25) is 0 Å². The lowest BCUT2D eigenvalue weighted by Crippen LogP contribution is -2.08. The third kappa shape index (κ3) is 3.39. The van der Waals surface area contributed by atoms with Crippen LogP contribution in [0.1, 0.15) is 11.1 Å². The smallest absolute Gasteiger partial charge is 0.142 e. The molecule has 2 aromatic rings. The molecule has 2 rings (SSSR count). The summed E-state index contributed by atoms with van der Waals surface area (Å²) >= 11 is 2.23. The van der Waals surface area contributed by atoms with Crippen LogP contribution in [0.15, 0.2) is 36.8 Å².